The van der Waals surface area contributed by atoms with Crippen molar-refractivity contribution in [2.24, 2.45) is 0 Å². The number of thiazole rings is 1. The third-order valence-corrected chi connectivity index (χ3v) is 6.00. The first kappa shape index (κ1) is 20.9. The Morgan fingerprint density at radius 3 is 2.74 bits per heavy atom. The molecule has 3 aromatic carbocycles. The number of halogens is 2. The molecule has 4 aromatic rings. The molecule has 4 rings (SSSR count). The van der Waals surface area contributed by atoms with Crippen molar-refractivity contribution in [2.75, 3.05) is 7.11 Å². The molecular formula is C24H16ClFN2O2S. The Bertz CT molecular complexity index is 1270. The van der Waals surface area contributed by atoms with Gasteiger partial charge in [-0.25, -0.2) is 9.37 Å². The standard InChI is InChI=1S/C24H16ClFN2O2S/c1-29-22-12-15(9-10-21(22)30-14-17-18(25)5-4-6-19(17)26)11-16(13-27)24-28-20-7-2-3-8-23(20)31-24/h2-12H,14H2,1H3/b16-11+. The number of ether oxygens (including phenoxy) is 2. The summed E-state index contributed by atoms with van der Waals surface area (Å²) in [5.41, 5.74) is 2.34. The zero-order chi connectivity index (χ0) is 21.8. The summed E-state index contributed by atoms with van der Waals surface area (Å²) in [4.78, 5) is 4.54. The quantitative estimate of drug-likeness (QED) is 0.305. The molecule has 0 aliphatic rings. The van der Waals surface area contributed by atoms with E-state index in [2.05, 4.69) is 11.1 Å². The van der Waals surface area contributed by atoms with E-state index < -0.39 is 5.82 Å². The smallest absolute Gasteiger partial charge is 0.161 e. The fourth-order valence-electron chi connectivity index (χ4n) is 3.01. The lowest BCUT2D eigenvalue weighted by molar-refractivity contribution is 0.280. The largest absolute Gasteiger partial charge is 0.493 e. The summed E-state index contributed by atoms with van der Waals surface area (Å²) in [5.74, 6) is 0.473. The van der Waals surface area contributed by atoms with Crippen molar-refractivity contribution in [1.29, 1.82) is 5.26 Å². The van der Waals surface area contributed by atoms with Crippen LogP contribution in [0.2, 0.25) is 5.02 Å². The summed E-state index contributed by atoms with van der Waals surface area (Å²) < 4.78 is 26.2. The number of nitrogens with zero attached hydrogens (tertiary/aromatic N) is 2. The van der Waals surface area contributed by atoms with Crippen LogP contribution in [0.25, 0.3) is 21.9 Å². The Balaban J connectivity index is 1.60. The number of benzene rings is 3. The summed E-state index contributed by atoms with van der Waals surface area (Å²) in [6.07, 6.45) is 1.75. The van der Waals surface area contributed by atoms with Crippen LogP contribution in [0.3, 0.4) is 0 Å². The number of rotatable bonds is 6. The number of aromatic nitrogens is 1. The van der Waals surface area contributed by atoms with E-state index in [4.69, 9.17) is 21.1 Å². The SMILES string of the molecule is COc1cc(/C=C(\C#N)c2nc3ccccc3s2)ccc1OCc1c(F)cccc1Cl. The maximum Gasteiger partial charge on any atom is 0.161 e. The number of methoxy groups -OCH3 is 1. The first-order valence-corrected chi connectivity index (χ1v) is 10.5. The van der Waals surface area contributed by atoms with Gasteiger partial charge >= 0.3 is 0 Å². The Labute approximate surface area is 187 Å². The first-order valence-electron chi connectivity index (χ1n) is 9.30. The van der Waals surface area contributed by atoms with Crippen LogP contribution in [0.15, 0.2) is 60.7 Å². The van der Waals surface area contributed by atoms with E-state index in [0.29, 0.717) is 27.1 Å². The van der Waals surface area contributed by atoms with Gasteiger partial charge in [0.25, 0.3) is 0 Å². The lowest BCUT2D eigenvalue weighted by Crippen LogP contribution is -2.01. The molecule has 31 heavy (non-hydrogen) atoms. The van der Waals surface area contributed by atoms with Crippen LogP contribution in [-0.4, -0.2) is 12.1 Å². The lowest BCUT2D eigenvalue weighted by atomic mass is 10.1. The highest BCUT2D eigenvalue weighted by Gasteiger charge is 2.12. The molecule has 0 amide bonds. The lowest BCUT2D eigenvalue weighted by Gasteiger charge is -2.12. The van der Waals surface area contributed by atoms with E-state index in [-0.39, 0.29) is 12.2 Å². The topological polar surface area (TPSA) is 55.1 Å². The summed E-state index contributed by atoms with van der Waals surface area (Å²) in [7, 11) is 1.52. The minimum absolute atomic E-state index is 0.0355. The predicted molar refractivity (Wildman–Crippen MR) is 122 cm³/mol. The zero-order valence-corrected chi connectivity index (χ0v) is 18.0. The summed E-state index contributed by atoms with van der Waals surface area (Å²) in [6, 6.07) is 19.7. The third-order valence-electron chi connectivity index (χ3n) is 4.58. The summed E-state index contributed by atoms with van der Waals surface area (Å²) in [6.45, 7) is -0.0355. The fourth-order valence-corrected chi connectivity index (χ4v) is 4.16. The van der Waals surface area contributed by atoms with Crippen LogP contribution in [-0.2, 0) is 6.61 Å². The van der Waals surface area contributed by atoms with Crippen LogP contribution in [0.4, 0.5) is 4.39 Å². The molecule has 7 heteroatoms. The van der Waals surface area contributed by atoms with Crippen molar-refractivity contribution in [3.05, 3.63) is 87.6 Å². The Hall–Kier alpha value is -3.40. The highest BCUT2D eigenvalue weighted by molar-refractivity contribution is 7.19. The van der Waals surface area contributed by atoms with Gasteiger partial charge in [-0.1, -0.05) is 35.9 Å². The molecular weight excluding hydrogens is 435 g/mol. The minimum Gasteiger partial charge on any atom is -0.493 e. The van der Waals surface area contributed by atoms with Crippen molar-refractivity contribution in [3.8, 4) is 17.6 Å². The van der Waals surface area contributed by atoms with E-state index in [1.807, 2.05) is 24.3 Å². The monoisotopic (exact) mass is 450 g/mol. The van der Waals surface area contributed by atoms with E-state index >= 15 is 0 Å². The van der Waals surface area contributed by atoms with Gasteiger partial charge < -0.3 is 9.47 Å². The molecule has 0 aliphatic carbocycles. The number of fused-ring (bicyclic) bond motifs is 1. The normalized spacial score (nSPS) is 11.4. The minimum atomic E-state index is -0.430. The van der Waals surface area contributed by atoms with E-state index in [0.717, 1.165) is 15.8 Å². The summed E-state index contributed by atoms with van der Waals surface area (Å²) in [5, 5.41) is 10.6. The van der Waals surface area contributed by atoms with Crippen molar-refractivity contribution < 1.29 is 13.9 Å². The molecule has 0 unspecified atom stereocenters. The molecule has 0 radical (unpaired) electrons. The maximum absolute atomic E-state index is 14.0. The molecule has 1 heterocycles. The van der Waals surface area contributed by atoms with E-state index in [1.54, 1.807) is 36.4 Å². The number of nitriles is 1. The van der Waals surface area contributed by atoms with Crippen molar-refractivity contribution in [2.45, 2.75) is 6.61 Å². The van der Waals surface area contributed by atoms with E-state index in [9.17, 15) is 9.65 Å². The average Bonchev–Trinajstić information content (AvgIpc) is 3.21. The average molecular weight is 451 g/mol. The van der Waals surface area contributed by atoms with Crippen molar-refractivity contribution in [3.63, 3.8) is 0 Å². The Morgan fingerprint density at radius 1 is 1.16 bits per heavy atom. The van der Waals surface area contributed by atoms with Crippen LogP contribution in [0.5, 0.6) is 11.5 Å². The molecule has 0 atom stereocenters. The fraction of sp³-hybridized carbons (Fsp3) is 0.0833. The first-order chi connectivity index (χ1) is 15.1. The van der Waals surface area contributed by atoms with Gasteiger partial charge in [-0.3, -0.25) is 0 Å². The van der Waals surface area contributed by atoms with Crippen molar-refractivity contribution >= 4 is 44.8 Å². The number of para-hydroxylation sites is 1. The van der Waals surface area contributed by atoms with Gasteiger partial charge in [-0.15, -0.1) is 11.3 Å². The highest BCUT2D eigenvalue weighted by Crippen LogP contribution is 2.33. The Kier molecular flexibility index (Phi) is 6.17. The maximum atomic E-state index is 14.0. The third kappa shape index (κ3) is 4.53. The second-order valence-electron chi connectivity index (χ2n) is 6.56. The van der Waals surface area contributed by atoms with Crippen LogP contribution in [0, 0.1) is 17.1 Å². The van der Waals surface area contributed by atoms with Crippen LogP contribution in [0.1, 0.15) is 16.1 Å². The van der Waals surface area contributed by atoms with Gasteiger partial charge in [0.1, 0.15) is 23.5 Å². The molecule has 0 aliphatic heterocycles. The second-order valence-corrected chi connectivity index (χ2v) is 7.99. The van der Waals surface area contributed by atoms with Crippen LogP contribution < -0.4 is 9.47 Å². The molecule has 0 bridgehead atoms. The summed E-state index contributed by atoms with van der Waals surface area (Å²) >= 11 is 7.53. The second kappa shape index (κ2) is 9.17. The molecule has 0 saturated heterocycles. The van der Waals surface area contributed by atoms with Gasteiger partial charge in [0, 0.05) is 5.56 Å². The van der Waals surface area contributed by atoms with Gasteiger partial charge in [0.2, 0.25) is 0 Å². The van der Waals surface area contributed by atoms with Crippen molar-refractivity contribution in [1.82, 2.24) is 4.98 Å². The predicted octanol–water partition coefficient (Wildman–Crippen LogP) is 6.74. The number of allylic oxidation sites excluding steroid dienone is 1. The molecule has 0 saturated carbocycles. The molecule has 0 fully saturated rings. The Morgan fingerprint density at radius 2 is 2.00 bits per heavy atom. The molecule has 154 valence electrons. The van der Waals surface area contributed by atoms with Gasteiger partial charge in [-0.2, -0.15) is 5.26 Å². The molecule has 0 N–H and O–H groups in total. The number of hydrogen-bond acceptors (Lipinski definition) is 5. The van der Waals surface area contributed by atoms with Gasteiger partial charge in [0.15, 0.2) is 11.5 Å². The van der Waals surface area contributed by atoms with E-state index in [1.165, 1.54) is 24.5 Å². The zero-order valence-electron chi connectivity index (χ0n) is 16.4. The highest BCUT2D eigenvalue weighted by atomic mass is 35.5. The molecule has 1 aromatic heterocycles. The van der Waals surface area contributed by atoms with Gasteiger partial charge in [-0.05, 0) is 48.0 Å². The van der Waals surface area contributed by atoms with Gasteiger partial charge in [0.05, 0.1) is 27.9 Å². The molecule has 4 nitrogen and oxygen atoms in total. The molecule has 0 spiro atoms. The van der Waals surface area contributed by atoms with Crippen LogP contribution >= 0.6 is 22.9 Å². The number of hydrogen-bond donors (Lipinski definition) is 0.